The molecule has 0 aliphatic carbocycles. The Morgan fingerprint density at radius 1 is 1.50 bits per heavy atom. The molecule has 0 fully saturated rings. The lowest BCUT2D eigenvalue weighted by atomic mass is 10.1. The average molecular weight is 247 g/mol. The summed E-state index contributed by atoms with van der Waals surface area (Å²) in [6.45, 7) is 2.67. The summed E-state index contributed by atoms with van der Waals surface area (Å²) >= 11 is 0. The molecule has 0 spiro atoms. The summed E-state index contributed by atoms with van der Waals surface area (Å²) in [5, 5.41) is 10.9. The summed E-state index contributed by atoms with van der Waals surface area (Å²) in [5.74, 6) is 0.544. The number of pyridine rings is 1. The first-order valence-electron chi connectivity index (χ1n) is 6.02. The summed E-state index contributed by atoms with van der Waals surface area (Å²) in [6.07, 6.45) is 2.61. The van der Waals surface area contributed by atoms with Crippen LogP contribution in [0.1, 0.15) is 19.2 Å². The minimum Gasteiger partial charge on any atom is -0.349 e. The zero-order chi connectivity index (χ0) is 13.0. The number of hydrogen-bond donors (Lipinski definition) is 2. The Hall–Kier alpha value is -1.95. The number of hydrogen-bond acceptors (Lipinski definition) is 4. The largest absolute Gasteiger partial charge is 0.349 e. The van der Waals surface area contributed by atoms with E-state index in [4.69, 9.17) is 5.73 Å². The van der Waals surface area contributed by atoms with E-state index in [-0.39, 0.29) is 11.8 Å². The number of aromatic nitrogens is 3. The molecule has 1 amide bonds. The van der Waals surface area contributed by atoms with Gasteiger partial charge in [0.1, 0.15) is 0 Å². The molecule has 1 unspecified atom stereocenters. The summed E-state index contributed by atoms with van der Waals surface area (Å²) in [5.41, 5.74) is 6.30. The Balaban J connectivity index is 2.04. The molecular formula is C12H17N5O. The number of nitrogens with one attached hydrogen (secondary N) is 1. The van der Waals surface area contributed by atoms with Crippen LogP contribution in [0.25, 0.3) is 5.65 Å². The molecule has 18 heavy (non-hydrogen) atoms. The predicted octanol–water partition coefficient (Wildman–Crippen LogP) is 0.330. The van der Waals surface area contributed by atoms with Crippen molar-refractivity contribution < 1.29 is 4.79 Å². The summed E-state index contributed by atoms with van der Waals surface area (Å²) in [6, 6.07) is 5.66. The van der Waals surface area contributed by atoms with Crippen LogP contribution in [0.2, 0.25) is 0 Å². The third-order valence-corrected chi connectivity index (χ3v) is 2.95. The highest BCUT2D eigenvalue weighted by Crippen LogP contribution is 2.04. The predicted molar refractivity (Wildman–Crippen MR) is 67.7 cm³/mol. The van der Waals surface area contributed by atoms with Gasteiger partial charge in [-0.05, 0) is 18.6 Å². The molecule has 96 valence electrons. The summed E-state index contributed by atoms with van der Waals surface area (Å²) in [4.78, 5) is 11.8. The maximum absolute atomic E-state index is 11.8. The SMILES string of the molecule is CCC(CN)C(=O)NCc1nnc2ccccn12. The van der Waals surface area contributed by atoms with Crippen LogP contribution in [-0.4, -0.2) is 27.0 Å². The second-order valence-electron chi connectivity index (χ2n) is 4.10. The van der Waals surface area contributed by atoms with Crippen LogP contribution in [0.3, 0.4) is 0 Å². The van der Waals surface area contributed by atoms with Gasteiger partial charge in [-0.1, -0.05) is 13.0 Å². The van der Waals surface area contributed by atoms with Gasteiger partial charge in [-0.15, -0.1) is 10.2 Å². The third kappa shape index (κ3) is 2.48. The monoisotopic (exact) mass is 247 g/mol. The molecule has 6 heteroatoms. The Morgan fingerprint density at radius 3 is 3.06 bits per heavy atom. The van der Waals surface area contributed by atoms with Crippen molar-refractivity contribution in [2.75, 3.05) is 6.54 Å². The molecule has 0 saturated carbocycles. The maximum atomic E-state index is 11.8. The minimum atomic E-state index is -0.135. The number of fused-ring (bicyclic) bond motifs is 1. The standard InChI is InChI=1S/C12H17N5O/c1-2-9(7-13)12(18)14-8-11-16-15-10-5-3-4-6-17(10)11/h3-6,9H,2,7-8,13H2,1H3,(H,14,18). The maximum Gasteiger partial charge on any atom is 0.224 e. The lowest BCUT2D eigenvalue weighted by Gasteiger charge is -2.11. The number of amides is 1. The van der Waals surface area contributed by atoms with Crippen molar-refractivity contribution in [1.29, 1.82) is 0 Å². The highest BCUT2D eigenvalue weighted by Gasteiger charge is 2.14. The van der Waals surface area contributed by atoms with Crippen molar-refractivity contribution in [3.05, 3.63) is 30.2 Å². The van der Waals surface area contributed by atoms with Crippen molar-refractivity contribution in [1.82, 2.24) is 19.9 Å². The molecule has 0 saturated heterocycles. The average Bonchev–Trinajstić information content (AvgIpc) is 2.81. The van der Waals surface area contributed by atoms with Crippen LogP contribution in [0, 0.1) is 5.92 Å². The van der Waals surface area contributed by atoms with Gasteiger partial charge in [0.2, 0.25) is 5.91 Å². The van der Waals surface area contributed by atoms with Crippen LogP contribution in [0.4, 0.5) is 0 Å². The van der Waals surface area contributed by atoms with Crippen LogP contribution >= 0.6 is 0 Å². The first kappa shape index (κ1) is 12.5. The molecule has 2 aromatic rings. The third-order valence-electron chi connectivity index (χ3n) is 2.95. The number of carbonyl (C=O) groups is 1. The van der Waals surface area contributed by atoms with Gasteiger partial charge in [0, 0.05) is 18.7 Å². The molecule has 2 aromatic heterocycles. The zero-order valence-electron chi connectivity index (χ0n) is 10.3. The van der Waals surface area contributed by atoms with E-state index < -0.39 is 0 Å². The molecule has 0 aromatic carbocycles. The van der Waals surface area contributed by atoms with E-state index in [2.05, 4.69) is 15.5 Å². The molecule has 6 nitrogen and oxygen atoms in total. The Bertz CT molecular complexity index is 532. The van der Waals surface area contributed by atoms with Crippen molar-refractivity contribution >= 4 is 11.6 Å². The Kier molecular flexibility index (Phi) is 3.88. The number of nitrogens with two attached hydrogens (primary N) is 1. The molecule has 0 aliphatic heterocycles. The summed E-state index contributed by atoms with van der Waals surface area (Å²) < 4.78 is 1.85. The highest BCUT2D eigenvalue weighted by atomic mass is 16.1. The van der Waals surface area contributed by atoms with Crippen molar-refractivity contribution in [3.63, 3.8) is 0 Å². The topological polar surface area (TPSA) is 85.3 Å². The van der Waals surface area contributed by atoms with Crippen molar-refractivity contribution in [2.45, 2.75) is 19.9 Å². The smallest absolute Gasteiger partial charge is 0.224 e. The number of nitrogens with zero attached hydrogens (tertiary/aromatic N) is 3. The van der Waals surface area contributed by atoms with Gasteiger partial charge in [0.05, 0.1) is 6.54 Å². The van der Waals surface area contributed by atoms with Gasteiger partial charge < -0.3 is 11.1 Å². The van der Waals surface area contributed by atoms with E-state index in [0.717, 1.165) is 12.1 Å². The molecule has 3 N–H and O–H groups in total. The van der Waals surface area contributed by atoms with Crippen LogP contribution in [-0.2, 0) is 11.3 Å². The van der Waals surface area contributed by atoms with E-state index in [9.17, 15) is 4.79 Å². The van der Waals surface area contributed by atoms with E-state index in [1.54, 1.807) is 0 Å². The van der Waals surface area contributed by atoms with E-state index in [1.165, 1.54) is 0 Å². The fourth-order valence-corrected chi connectivity index (χ4v) is 1.78. The number of rotatable bonds is 5. The molecule has 0 bridgehead atoms. The van der Waals surface area contributed by atoms with Crippen LogP contribution in [0.15, 0.2) is 24.4 Å². The van der Waals surface area contributed by atoms with Crippen LogP contribution in [0.5, 0.6) is 0 Å². The van der Waals surface area contributed by atoms with Gasteiger partial charge in [-0.3, -0.25) is 9.20 Å². The van der Waals surface area contributed by atoms with Crippen molar-refractivity contribution in [2.24, 2.45) is 11.7 Å². The lowest BCUT2D eigenvalue weighted by Crippen LogP contribution is -2.34. The van der Waals surface area contributed by atoms with Gasteiger partial charge in [-0.2, -0.15) is 0 Å². The minimum absolute atomic E-state index is 0.0346. The Labute approximate surface area is 105 Å². The highest BCUT2D eigenvalue weighted by molar-refractivity contribution is 5.78. The van der Waals surface area contributed by atoms with E-state index in [0.29, 0.717) is 18.9 Å². The molecule has 2 rings (SSSR count). The molecular weight excluding hydrogens is 230 g/mol. The lowest BCUT2D eigenvalue weighted by molar-refractivity contribution is -0.125. The molecule has 0 aliphatic rings. The fraction of sp³-hybridized carbons (Fsp3) is 0.417. The van der Waals surface area contributed by atoms with Crippen LogP contribution < -0.4 is 11.1 Å². The quantitative estimate of drug-likeness (QED) is 0.797. The second kappa shape index (κ2) is 5.59. The molecule has 0 radical (unpaired) electrons. The number of carbonyl (C=O) groups excluding carboxylic acids is 1. The zero-order valence-corrected chi connectivity index (χ0v) is 10.3. The fourth-order valence-electron chi connectivity index (χ4n) is 1.78. The van der Waals surface area contributed by atoms with Crippen molar-refractivity contribution in [3.8, 4) is 0 Å². The summed E-state index contributed by atoms with van der Waals surface area (Å²) in [7, 11) is 0. The van der Waals surface area contributed by atoms with Gasteiger partial charge in [-0.25, -0.2) is 0 Å². The van der Waals surface area contributed by atoms with Gasteiger partial charge in [0.25, 0.3) is 0 Å². The Morgan fingerprint density at radius 2 is 2.33 bits per heavy atom. The van der Waals surface area contributed by atoms with E-state index in [1.807, 2.05) is 35.7 Å². The van der Waals surface area contributed by atoms with E-state index >= 15 is 0 Å². The van der Waals surface area contributed by atoms with Gasteiger partial charge in [0.15, 0.2) is 11.5 Å². The molecule has 2 heterocycles. The molecule has 1 atom stereocenters. The second-order valence-corrected chi connectivity index (χ2v) is 4.10. The first-order valence-corrected chi connectivity index (χ1v) is 6.02. The first-order chi connectivity index (χ1) is 8.76. The van der Waals surface area contributed by atoms with Gasteiger partial charge >= 0.3 is 0 Å². The normalized spacial score (nSPS) is 12.6.